The first-order valence-electron chi connectivity index (χ1n) is 11.3. The number of methoxy groups -OCH3 is 1. The Bertz CT molecular complexity index is 1330. The van der Waals surface area contributed by atoms with E-state index in [2.05, 4.69) is 20.7 Å². The van der Waals surface area contributed by atoms with Crippen LogP contribution in [0.25, 0.3) is 17.1 Å². The third-order valence-corrected chi connectivity index (χ3v) is 6.35. The van der Waals surface area contributed by atoms with Gasteiger partial charge in [-0.15, -0.1) is 10.2 Å². The monoisotopic (exact) mass is 500 g/mol. The topological polar surface area (TPSA) is 84.6 Å². The lowest BCUT2D eigenvalue weighted by molar-refractivity contribution is -0.118. The fourth-order valence-electron chi connectivity index (χ4n) is 3.42. The predicted molar refractivity (Wildman–Crippen MR) is 145 cm³/mol. The summed E-state index contributed by atoms with van der Waals surface area (Å²) in [5.74, 6) is 1.36. The molecule has 8 nitrogen and oxygen atoms in total. The highest BCUT2D eigenvalue weighted by Crippen LogP contribution is 2.29. The van der Waals surface area contributed by atoms with Crippen molar-refractivity contribution in [3.63, 3.8) is 0 Å². The first kappa shape index (κ1) is 25.0. The Morgan fingerprint density at radius 2 is 1.72 bits per heavy atom. The molecule has 0 unspecified atom stereocenters. The number of thioether (sulfide) groups is 1. The summed E-state index contributed by atoms with van der Waals surface area (Å²) in [5, 5.41) is 13.5. The molecular formula is C27H28N6O2S. The zero-order chi connectivity index (χ0) is 25.5. The number of nitrogens with zero attached hydrogens (tertiary/aromatic N) is 5. The third kappa shape index (κ3) is 6.11. The van der Waals surface area contributed by atoms with Gasteiger partial charge in [-0.3, -0.25) is 9.36 Å². The molecule has 0 aliphatic rings. The van der Waals surface area contributed by atoms with Crippen molar-refractivity contribution < 1.29 is 9.53 Å². The van der Waals surface area contributed by atoms with Crippen LogP contribution in [0.2, 0.25) is 0 Å². The van der Waals surface area contributed by atoms with E-state index in [-0.39, 0.29) is 11.7 Å². The smallest absolute Gasteiger partial charge is 0.250 e. The fraction of sp³-hybridized carbons (Fsp3) is 0.185. The van der Waals surface area contributed by atoms with E-state index in [0.29, 0.717) is 11.0 Å². The number of nitrogens with one attached hydrogen (secondary N) is 1. The van der Waals surface area contributed by atoms with Crippen LogP contribution in [0.3, 0.4) is 0 Å². The van der Waals surface area contributed by atoms with Crippen molar-refractivity contribution >= 4 is 29.6 Å². The van der Waals surface area contributed by atoms with Crippen molar-refractivity contribution in [3.8, 4) is 22.8 Å². The Labute approximate surface area is 215 Å². The number of carbonyl (C=O) groups excluding carboxylic acids is 1. The van der Waals surface area contributed by atoms with E-state index in [4.69, 9.17) is 4.74 Å². The molecule has 0 saturated heterocycles. The van der Waals surface area contributed by atoms with Crippen LogP contribution in [-0.4, -0.2) is 53.8 Å². The van der Waals surface area contributed by atoms with Gasteiger partial charge in [0.25, 0.3) is 5.91 Å². The Kier molecular flexibility index (Phi) is 8.02. The molecule has 4 aromatic rings. The van der Waals surface area contributed by atoms with Crippen LogP contribution in [0, 0.1) is 6.92 Å². The first-order chi connectivity index (χ1) is 17.4. The highest BCUT2D eigenvalue weighted by Gasteiger charge is 2.17. The number of hydrogen-bond acceptors (Lipinski definition) is 7. The second kappa shape index (κ2) is 11.5. The summed E-state index contributed by atoms with van der Waals surface area (Å²) in [4.78, 5) is 14.5. The number of aryl methyl sites for hydroxylation is 1. The molecule has 1 aromatic heterocycles. The first-order valence-corrected chi connectivity index (χ1v) is 12.3. The number of rotatable bonds is 9. The van der Waals surface area contributed by atoms with Gasteiger partial charge in [-0.2, -0.15) is 5.10 Å². The van der Waals surface area contributed by atoms with Crippen molar-refractivity contribution in [1.82, 2.24) is 20.2 Å². The number of anilines is 1. The van der Waals surface area contributed by atoms with Crippen molar-refractivity contribution in [1.29, 1.82) is 0 Å². The Balaban J connectivity index is 1.47. The van der Waals surface area contributed by atoms with Gasteiger partial charge in [-0.25, -0.2) is 5.43 Å². The molecule has 0 aliphatic carbocycles. The minimum absolute atomic E-state index is 0.142. The van der Waals surface area contributed by atoms with E-state index in [1.807, 2.05) is 103 Å². The molecule has 4 rings (SSSR count). The maximum atomic E-state index is 12.5. The molecular weight excluding hydrogens is 472 g/mol. The van der Waals surface area contributed by atoms with Gasteiger partial charge in [0.1, 0.15) is 5.75 Å². The molecule has 0 radical (unpaired) electrons. The van der Waals surface area contributed by atoms with E-state index in [1.54, 1.807) is 13.3 Å². The van der Waals surface area contributed by atoms with E-state index >= 15 is 0 Å². The molecule has 0 aliphatic heterocycles. The summed E-state index contributed by atoms with van der Waals surface area (Å²) >= 11 is 1.30. The minimum atomic E-state index is -0.231. The standard InChI is InChI=1S/C27H28N6O2S/c1-19-5-11-23(12-6-19)33-26(21-9-15-24(35-4)16-10-21)30-31-27(33)36-18-25(34)29-28-17-20-7-13-22(14-8-20)32(2)3/h5-17H,18H2,1-4H3,(H,29,34)/b28-17-. The molecule has 9 heteroatoms. The SMILES string of the molecule is COc1ccc(-c2nnc(SCC(=O)N/N=C\c3ccc(N(C)C)cc3)n2-c2ccc(C)cc2)cc1. The van der Waals surface area contributed by atoms with Crippen molar-refractivity contribution in [2.24, 2.45) is 5.10 Å². The molecule has 0 bridgehead atoms. The molecule has 1 heterocycles. The summed E-state index contributed by atoms with van der Waals surface area (Å²) in [6.45, 7) is 2.04. The molecule has 0 saturated carbocycles. The normalized spacial score (nSPS) is 11.0. The number of carbonyl (C=O) groups is 1. The minimum Gasteiger partial charge on any atom is -0.497 e. The van der Waals surface area contributed by atoms with Gasteiger partial charge in [0.15, 0.2) is 11.0 Å². The number of aromatic nitrogens is 3. The number of hydrogen-bond donors (Lipinski definition) is 1. The Hall–Kier alpha value is -4.11. The van der Waals surface area contributed by atoms with Gasteiger partial charge in [-0.05, 0) is 61.0 Å². The molecule has 1 amide bonds. The van der Waals surface area contributed by atoms with E-state index in [9.17, 15) is 4.79 Å². The van der Waals surface area contributed by atoms with Crippen LogP contribution in [-0.2, 0) is 4.79 Å². The average molecular weight is 501 g/mol. The largest absolute Gasteiger partial charge is 0.497 e. The summed E-state index contributed by atoms with van der Waals surface area (Å²) in [6.07, 6.45) is 1.62. The van der Waals surface area contributed by atoms with Crippen molar-refractivity contribution in [3.05, 3.63) is 83.9 Å². The zero-order valence-corrected chi connectivity index (χ0v) is 21.5. The van der Waals surface area contributed by atoms with E-state index < -0.39 is 0 Å². The van der Waals surface area contributed by atoms with Gasteiger partial charge in [0.2, 0.25) is 0 Å². The van der Waals surface area contributed by atoms with Gasteiger partial charge in [-0.1, -0.05) is 41.6 Å². The fourth-order valence-corrected chi connectivity index (χ4v) is 4.16. The van der Waals surface area contributed by atoms with Crippen LogP contribution in [0.1, 0.15) is 11.1 Å². The zero-order valence-electron chi connectivity index (χ0n) is 20.7. The quantitative estimate of drug-likeness (QED) is 0.206. The molecule has 0 fully saturated rings. The van der Waals surface area contributed by atoms with Gasteiger partial charge in [0, 0.05) is 31.0 Å². The molecule has 1 N–H and O–H groups in total. The molecule has 36 heavy (non-hydrogen) atoms. The highest BCUT2D eigenvalue weighted by molar-refractivity contribution is 7.99. The lowest BCUT2D eigenvalue weighted by Gasteiger charge is -2.11. The maximum Gasteiger partial charge on any atom is 0.250 e. The van der Waals surface area contributed by atoms with Crippen LogP contribution >= 0.6 is 11.8 Å². The van der Waals surface area contributed by atoms with Crippen LogP contribution < -0.4 is 15.1 Å². The lowest BCUT2D eigenvalue weighted by atomic mass is 10.2. The van der Waals surface area contributed by atoms with Gasteiger partial charge >= 0.3 is 0 Å². The number of ether oxygens (including phenoxy) is 1. The summed E-state index contributed by atoms with van der Waals surface area (Å²) in [5.41, 5.74) is 7.54. The predicted octanol–water partition coefficient (Wildman–Crippen LogP) is 4.56. The number of hydrazone groups is 1. The van der Waals surface area contributed by atoms with Crippen molar-refractivity contribution in [2.75, 3.05) is 31.9 Å². The maximum absolute atomic E-state index is 12.5. The van der Waals surface area contributed by atoms with Crippen LogP contribution in [0.15, 0.2) is 83.1 Å². The average Bonchev–Trinajstić information content (AvgIpc) is 3.32. The second-order valence-electron chi connectivity index (χ2n) is 8.27. The van der Waals surface area contributed by atoms with Gasteiger partial charge < -0.3 is 9.64 Å². The summed E-state index contributed by atoms with van der Waals surface area (Å²) in [6, 6.07) is 23.6. The third-order valence-electron chi connectivity index (χ3n) is 5.42. The molecule has 0 spiro atoms. The summed E-state index contributed by atoms with van der Waals surface area (Å²) in [7, 11) is 5.61. The Morgan fingerprint density at radius 3 is 2.36 bits per heavy atom. The molecule has 0 atom stereocenters. The van der Waals surface area contributed by atoms with E-state index in [0.717, 1.165) is 33.8 Å². The lowest BCUT2D eigenvalue weighted by Crippen LogP contribution is -2.20. The second-order valence-corrected chi connectivity index (χ2v) is 9.22. The van der Waals surface area contributed by atoms with Crippen LogP contribution in [0.4, 0.5) is 5.69 Å². The molecule has 184 valence electrons. The number of benzene rings is 3. The Morgan fingerprint density at radius 1 is 1.03 bits per heavy atom. The van der Waals surface area contributed by atoms with Crippen LogP contribution in [0.5, 0.6) is 5.75 Å². The highest BCUT2D eigenvalue weighted by atomic mass is 32.2. The number of amides is 1. The van der Waals surface area contributed by atoms with E-state index in [1.165, 1.54) is 11.8 Å². The molecule has 3 aromatic carbocycles. The van der Waals surface area contributed by atoms with Gasteiger partial charge in [0.05, 0.1) is 19.1 Å². The summed E-state index contributed by atoms with van der Waals surface area (Å²) < 4.78 is 7.23. The van der Waals surface area contributed by atoms with Crippen molar-refractivity contribution in [2.45, 2.75) is 12.1 Å².